The maximum absolute atomic E-state index is 4.35. The summed E-state index contributed by atoms with van der Waals surface area (Å²) >= 11 is 1.64. The van der Waals surface area contributed by atoms with E-state index in [1.165, 1.54) is 0 Å². The first-order valence-electron chi connectivity index (χ1n) is 4.07. The third-order valence-electron chi connectivity index (χ3n) is 1.69. The topological polar surface area (TPSA) is 12.4 Å². The van der Waals surface area contributed by atoms with Gasteiger partial charge in [0.05, 0.1) is 10.7 Å². The molecule has 0 spiro atoms. The Hall–Kier alpha value is -1.02. The Morgan fingerprint density at radius 1 is 1.31 bits per heavy atom. The molecule has 2 heteroatoms. The van der Waals surface area contributed by atoms with Crippen LogP contribution >= 0.6 is 11.8 Å². The van der Waals surface area contributed by atoms with Crippen molar-refractivity contribution >= 4 is 22.5 Å². The van der Waals surface area contributed by atoms with Crippen LogP contribution in [0.2, 0.25) is 0 Å². The van der Waals surface area contributed by atoms with Crippen LogP contribution in [0.15, 0.2) is 41.9 Å². The zero-order valence-electron chi connectivity index (χ0n) is 7.95. The van der Waals surface area contributed by atoms with Crippen LogP contribution in [0.3, 0.4) is 0 Å². The summed E-state index contributed by atoms with van der Waals surface area (Å²) in [7, 11) is 0. The predicted octanol–water partition coefficient (Wildman–Crippen LogP) is 3.44. The van der Waals surface area contributed by atoms with E-state index in [1.807, 2.05) is 43.5 Å². The van der Waals surface area contributed by atoms with Gasteiger partial charge in [0.25, 0.3) is 0 Å². The molecule has 0 fully saturated rings. The van der Waals surface area contributed by atoms with Gasteiger partial charge in [-0.25, -0.2) is 4.99 Å². The molecular weight excluding hydrogens is 178 g/mol. The van der Waals surface area contributed by atoms with Gasteiger partial charge in [-0.2, -0.15) is 0 Å². The molecule has 68 valence electrons. The van der Waals surface area contributed by atoms with Crippen LogP contribution in [-0.2, 0) is 0 Å². The number of benzene rings is 1. The average molecular weight is 191 g/mol. The molecule has 0 unspecified atom stereocenters. The number of nitrogens with zero attached hydrogens (tertiary/aromatic N) is 1. The van der Waals surface area contributed by atoms with Crippen molar-refractivity contribution in [2.45, 2.75) is 6.92 Å². The van der Waals surface area contributed by atoms with E-state index in [4.69, 9.17) is 0 Å². The first-order chi connectivity index (χ1) is 6.24. The van der Waals surface area contributed by atoms with Gasteiger partial charge in [-0.05, 0) is 18.7 Å². The molecule has 0 aromatic heterocycles. The van der Waals surface area contributed by atoms with Gasteiger partial charge < -0.3 is 0 Å². The molecule has 0 amide bonds. The second-order valence-corrected chi connectivity index (χ2v) is 3.65. The largest absolute Gasteiger partial charge is 0.247 e. The molecular formula is C11H13NS. The molecule has 0 aliphatic heterocycles. The fraction of sp³-hybridized carbons (Fsp3) is 0.182. The standard InChI is InChI=1S/C11H13NS/c1-9(12-10(2)13-3)11-7-5-4-6-8-11/h4-8H,1H2,2-3H3. The molecule has 1 aromatic carbocycles. The molecule has 13 heavy (non-hydrogen) atoms. The highest BCUT2D eigenvalue weighted by Crippen LogP contribution is 2.14. The Morgan fingerprint density at radius 2 is 1.92 bits per heavy atom. The van der Waals surface area contributed by atoms with Crippen LogP contribution in [0.5, 0.6) is 0 Å². The molecule has 1 rings (SSSR count). The van der Waals surface area contributed by atoms with Gasteiger partial charge in [-0.3, -0.25) is 0 Å². The quantitative estimate of drug-likeness (QED) is 0.515. The molecule has 0 saturated carbocycles. The van der Waals surface area contributed by atoms with E-state index in [9.17, 15) is 0 Å². The first-order valence-corrected chi connectivity index (χ1v) is 5.30. The highest BCUT2D eigenvalue weighted by atomic mass is 32.2. The van der Waals surface area contributed by atoms with Crippen molar-refractivity contribution in [1.29, 1.82) is 0 Å². The second-order valence-electron chi connectivity index (χ2n) is 2.65. The van der Waals surface area contributed by atoms with Crippen molar-refractivity contribution in [2.24, 2.45) is 4.99 Å². The normalized spacial score (nSPS) is 11.4. The van der Waals surface area contributed by atoms with E-state index in [0.29, 0.717) is 0 Å². The Kier molecular flexibility index (Phi) is 3.77. The Morgan fingerprint density at radius 3 is 2.46 bits per heavy atom. The number of rotatable bonds is 2. The average Bonchev–Trinajstić information content (AvgIpc) is 2.19. The highest BCUT2D eigenvalue weighted by Gasteiger charge is 1.95. The molecule has 0 atom stereocenters. The van der Waals surface area contributed by atoms with Gasteiger partial charge in [0, 0.05) is 0 Å². The Balaban J connectivity index is 2.81. The number of thioether (sulfide) groups is 1. The molecule has 0 N–H and O–H groups in total. The fourth-order valence-corrected chi connectivity index (χ4v) is 1.13. The monoisotopic (exact) mass is 191 g/mol. The summed E-state index contributed by atoms with van der Waals surface area (Å²) in [6, 6.07) is 10.00. The minimum absolute atomic E-state index is 0.826. The van der Waals surface area contributed by atoms with E-state index in [1.54, 1.807) is 11.8 Å². The Bertz CT molecular complexity index is 314. The van der Waals surface area contributed by atoms with E-state index in [0.717, 1.165) is 16.3 Å². The van der Waals surface area contributed by atoms with Gasteiger partial charge in [0.15, 0.2) is 0 Å². The minimum atomic E-state index is 0.826. The molecule has 0 bridgehead atoms. The van der Waals surface area contributed by atoms with Gasteiger partial charge in [-0.15, -0.1) is 11.8 Å². The van der Waals surface area contributed by atoms with Crippen LogP contribution in [0.1, 0.15) is 12.5 Å². The molecule has 0 saturated heterocycles. The lowest BCUT2D eigenvalue weighted by atomic mass is 10.2. The van der Waals surface area contributed by atoms with Gasteiger partial charge >= 0.3 is 0 Å². The summed E-state index contributed by atoms with van der Waals surface area (Å²) in [6.45, 7) is 5.90. The second kappa shape index (κ2) is 4.87. The van der Waals surface area contributed by atoms with E-state index in [-0.39, 0.29) is 0 Å². The summed E-state index contributed by atoms with van der Waals surface area (Å²) < 4.78 is 0. The van der Waals surface area contributed by atoms with Crippen LogP contribution in [0.4, 0.5) is 0 Å². The van der Waals surface area contributed by atoms with E-state index >= 15 is 0 Å². The van der Waals surface area contributed by atoms with Crippen LogP contribution in [0, 0.1) is 0 Å². The fourth-order valence-electron chi connectivity index (χ4n) is 0.931. The zero-order valence-corrected chi connectivity index (χ0v) is 8.77. The van der Waals surface area contributed by atoms with Gasteiger partial charge in [0.2, 0.25) is 0 Å². The van der Waals surface area contributed by atoms with E-state index < -0.39 is 0 Å². The summed E-state index contributed by atoms with van der Waals surface area (Å²) in [4.78, 5) is 4.35. The van der Waals surface area contributed by atoms with Crippen molar-refractivity contribution in [1.82, 2.24) is 0 Å². The molecule has 1 aromatic rings. The van der Waals surface area contributed by atoms with Crippen molar-refractivity contribution in [3.8, 4) is 0 Å². The van der Waals surface area contributed by atoms with E-state index in [2.05, 4.69) is 11.6 Å². The lowest BCUT2D eigenvalue weighted by molar-refractivity contribution is 1.52. The molecule has 0 heterocycles. The summed E-state index contributed by atoms with van der Waals surface area (Å²) in [6.07, 6.45) is 2.01. The zero-order chi connectivity index (χ0) is 9.68. The van der Waals surface area contributed by atoms with Crippen molar-refractivity contribution < 1.29 is 0 Å². The predicted molar refractivity (Wildman–Crippen MR) is 62.1 cm³/mol. The maximum atomic E-state index is 4.35. The number of hydrogen-bond acceptors (Lipinski definition) is 2. The summed E-state index contributed by atoms with van der Waals surface area (Å²) in [5.41, 5.74) is 1.91. The van der Waals surface area contributed by atoms with Crippen molar-refractivity contribution in [3.63, 3.8) is 0 Å². The van der Waals surface area contributed by atoms with Crippen molar-refractivity contribution in [2.75, 3.05) is 6.26 Å². The smallest absolute Gasteiger partial charge is 0.0704 e. The van der Waals surface area contributed by atoms with Gasteiger partial charge in [0.1, 0.15) is 0 Å². The molecule has 0 radical (unpaired) electrons. The molecule has 0 aliphatic carbocycles. The lowest BCUT2D eigenvalue weighted by Crippen LogP contribution is -1.84. The molecule has 0 aliphatic rings. The number of hydrogen-bond donors (Lipinski definition) is 0. The lowest BCUT2D eigenvalue weighted by Gasteiger charge is -2.00. The van der Waals surface area contributed by atoms with Crippen LogP contribution in [-0.4, -0.2) is 11.3 Å². The van der Waals surface area contributed by atoms with Gasteiger partial charge in [-0.1, -0.05) is 36.9 Å². The van der Waals surface area contributed by atoms with Crippen molar-refractivity contribution in [3.05, 3.63) is 42.5 Å². The summed E-state index contributed by atoms with van der Waals surface area (Å²) in [5.74, 6) is 0. The third kappa shape index (κ3) is 3.07. The Labute approximate surface area is 83.6 Å². The molecule has 1 nitrogen and oxygen atoms in total. The van der Waals surface area contributed by atoms with Crippen LogP contribution < -0.4 is 0 Å². The third-order valence-corrected chi connectivity index (χ3v) is 2.38. The first kappa shape index (κ1) is 10.1. The number of aliphatic imine (C=N–C) groups is 1. The highest BCUT2D eigenvalue weighted by molar-refractivity contribution is 8.13. The SMILES string of the molecule is C=C(N=C(C)SC)c1ccccc1. The maximum Gasteiger partial charge on any atom is 0.0704 e. The minimum Gasteiger partial charge on any atom is -0.247 e. The van der Waals surface area contributed by atoms with Crippen LogP contribution in [0.25, 0.3) is 5.70 Å². The summed E-state index contributed by atoms with van der Waals surface area (Å²) in [5, 5.41) is 1.04.